The molecule has 0 radical (unpaired) electrons. The molecule has 2 aromatic rings. The molecule has 0 unspecified atom stereocenters. The van der Waals surface area contributed by atoms with Gasteiger partial charge in [-0.2, -0.15) is 0 Å². The number of unbranched alkanes of at least 4 members (excludes halogenated alkanes) is 2. The number of carboxylic acid groups (broad SMARTS) is 1. The Hall–Kier alpha value is -3.43. The quantitative estimate of drug-likeness (QED) is 0.121. The van der Waals surface area contributed by atoms with Crippen molar-refractivity contribution < 1.29 is 34.3 Å². The summed E-state index contributed by atoms with van der Waals surface area (Å²) in [5, 5.41) is 31.8. The number of fused-ring (bicyclic) bond motifs is 4. The number of imide groups is 1. The average Bonchev–Trinajstić information content (AvgIpc) is 3.21. The number of hydrogen-bond donors (Lipinski definition) is 3. The molecule has 3 aliphatic rings. The standard InChI is InChI=1S/C34H42BNO7/c1-3-9-23-19-26-32(34(41)36(33(26)40)17-8-4-5-12-30(38)39)27-20-35(42)43-29(31(23)27)16-13-21(2)18-22-14-15-28(37)25-11-7-6-10-24(22)25/h6-7,10-11,14-15,18,26-27,29,32,37,42H,3-5,8-9,12-13,16-17,19-20H2,1-2H3,(H,38,39)/b21-18+/t26-,27+,29-,32-/m1/s1. The molecule has 0 saturated carbocycles. The van der Waals surface area contributed by atoms with E-state index in [1.165, 1.54) is 10.5 Å². The summed E-state index contributed by atoms with van der Waals surface area (Å²) in [5.74, 6) is -1.99. The van der Waals surface area contributed by atoms with Crippen LogP contribution in [0.25, 0.3) is 16.8 Å². The molecule has 2 amide bonds. The first-order chi connectivity index (χ1) is 20.7. The van der Waals surface area contributed by atoms with Gasteiger partial charge < -0.3 is 19.9 Å². The summed E-state index contributed by atoms with van der Waals surface area (Å²) in [6.07, 6.45) is 7.63. The van der Waals surface area contributed by atoms with Gasteiger partial charge in [0.15, 0.2) is 0 Å². The monoisotopic (exact) mass is 587 g/mol. The third-order valence-corrected chi connectivity index (χ3v) is 9.36. The first kappa shape index (κ1) is 31.0. The van der Waals surface area contributed by atoms with Gasteiger partial charge in [0.05, 0.1) is 17.9 Å². The van der Waals surface area contributed by atoms with Crippen LogP contribution in [0, 0.1) is 17.8 Å². The number of phenols is 1. The summed E-state index contributed by atoms with van der Waals surface area (Å²) in [4.78, 5) is 39.4. The Morgan fingerprint density at radius 1 is 1.05 bits per heavy atom. The molecule has 5 rings (SSSR count). The van der Waals surface area contributed by atoms with Gasteiger partial charge in [-0.25, -0.2) is 0 Å². The number of amides is 2. The zero-order valence-corrected chi connectivity index (χ0v) is 25.1. The van der Waals surface area contributed by atoms with Crippen molar-refractivity contribution in [1.29, 1.82) is 0 Å². The van der Waals surface area contributed by atoms with Crippen LogP contribution >= 0.6 is 0 Å². The average molecular weight is 588 g/mol. The molecule has 2 fully saturated rings. The van der Waals surface area contributed by atoms with E-state index in [-0.39, 0.29) is 36.0 Å². The molecule has 0 spiro atoms. The zero-order chi connectivity index (χ0) is 30.7. The number of carbonyl (C=O) groups is 3. The van der Waals surface area contributed by atoms with E-state index in [0.29, 0.717) is 45.0 Å². The molecule has 9 heteroatoms. The smallest absolute Gasteiger partial charge is 0.455 e. The fraction of sp³-hybridized carbons (Fsp3) is 0.500. The molecule has 4 atom stereocenters. The summed E-state index contributed by atoms with van der Waals surface area (Å²) in [6.45, 7) is 4.50. The topological polar surface area (TPSA) is 124 Å². The van der Waals surface area contributed by atoms with Gasteiger partial charge in [0.1, 0.15) is 5.75 Å². The molecule has 0 aromatic heterocycles. The van der Waals surface area contributed by atoms with E-state index in [1.807, 2.05) is 30.3 Å². The Kier molecular flexibility index (Phi) is 9.72. The van der Waals surface area contributed by atoms with Crippen LogP contribution in [0.3, 0.4) is 0 Å². The van der Waals surface area contributed by atoms with Gasteiger partial charge in [0.2, 0.25) is 11.8 Å². The van der Waals surface area contributed by atoms with Crippen molar-refractivity contribution in [3.8, 4) is 5.75 Å². The number of hydrogen-bond acceptors (Lipinski definition) is 6. The molecule has 8 nitrogen and oxygen atoms in total. The lowest BCUT2D eigenvalue weighted by molar-refractivity contribution is -0.141. The molecule has 0 bridgehead atoms. The van der Waals surface area contributed by atoms with Crippen molar-refractivity contribution in [1.82, 2.24) is 4.90 Å². The number of phenolic OH excluding ortho intramolecular Hbond substituents is 1. The molecule has 2 aromatic carbocycles. The van der Waals surface area contributed by atoms with Crippen LogP contribution in [0.4, 0.5) is 0 Å². The Bertz CT molecular complexity index is 1450. The number of aliphatic carboxylic acids is 1. The second-order valence-corrected chi connectivity index (χ2v) is 12.3. The summed E-state index contributed by atoms with van der Waals surface area (Å²) < 4.78 is 6.15. The fourth-order valence-corrected chi connectivity index (χ4v) is 7.44. The lowest BCUT2D eigenvalue weighted by Crippen LogP contribution is -2.46. The predicted octanol–water partition coefficient (Wildman–Crippen LogP) is 5.97. The number of allylic oxidation sites excluding steroid dienone is 2. The molecule has 228 valence electrons. The highest BCUT2D eigenvalue weighted by Gasteiger charge is 2.56. The van der Waals surface area contributed by atoms with Gasteiger partial charge in [-0.15, -0.1) is 0 Å². The van der Waals surface area contributed by atoms with E-state index in [0.717, 1.165) is 46.7 Å². The number of likely N-dealkylation sites (tertiary alicyclic amines) is 1. The largest absolute Gasteiger partial charge is 0.507 e. The Morgan fingerprint density at radius 2 is 1.81 bits per heavy atom. The third kappa shape index (κ3) is 6.58. The number of nitrogens with zero attached hydrogens (tertiary/aromatic N) is 1. The normalized spacial score (nSPS) is 24.1. The van der Waals surface area contributed by atoms with E-state index in [1.54, 1.807) is 6.07 Å². The van der Waals surface area contributed by atoms with E-state index in [9.17, 15) is 24.5 Å². The van der Waals surface area contributed by atoms with E-state index < -0.39 is 24.9 Å². The van der Waals surface area contributed by atoms with Gasteiger partial charge in [0, 0.05) is 18.4 Å². The molecular formula is C34H42BNO7. The van der Waals surface area contributed by atoms with Gasteiger partial charge in [-0.05, 0) is 80.3 Å². The fourth-order valence-electron chi connectivity index (χ4n) is 7.44. The number of carbonyl (C=O) groups excluding carboxylic acids is 2. The van der Waals surface area contributed by atoms with E-state index in [4.69, 9.17) is 9.76 Å². The molecule has 2 heterocycles. The van der Waals surface area contributed by atoms with Crippen molar-refractivity contribution in [3.63, 3.8) is 0 Å². The van der Waals surface area contributed by atoms with Crippen LogP contribution in [-0.2, 0) is 19.0 Å². The second-order valence-electron chi connectivity index (χ2n) is 12.3. The summed E-state index contributed by atoms with van der Waals surface area (Å²) >= 11 is 0. The van der Waals surface area contributed by atoms with Crippen LogP contribution in [-0.4, -0.2) is 57.7 Å². The maximum Gasteiger partial charge on any atom is 0.455 e. The van der Waals surface area contributed by atoms with Gasteiger partial charge in [0.25, 0.3) is 0 Å². The molecule has 3 N–H and O–H groups in total. The van der Waals surface area contributed by atoms with Gasteiger partial charge in [-0.1, -0.05) is 67.3 Å². The lowest BCUT2D eigenvalue weighted by atomic mass is 9.58. The zero-order valence-electron chi connectivity index (χ0n) is 25.1. The Labute approximate surface area is 253 Å². The maximum atomic E-state index is 13.7. The summed E-state index contributed by atoms with van der Waals surface area (Å²) in [5.41, 5.74) is 4.48. The minimum absolute atomic E-state index is 0.0857. The van der Waals surface area contributed by atoms with Gasteiger partial charge in [-0.3, -0.25) is 19.3 Å². The molecule has 2 aliphatic heterocycles. The van der Waals surface area contributed by atoms with Crippen molar-refractivity contribution in [2.45, 2.75) is 84.1 Å². The van der Waals surface area contributed by atoms with Crippen molar-refractivity contribution in [3.05, 3.63) is 58.7 Å². The molecule has 2 saturated heterocycles. The van der Waals surface area contributed by atoms with Crippen molar-refractivity contribution in [2.24, 2.45) is 17.8 Å². The molecular weight excluding hydrogens is 545 g/mol. The highest BCUT2D eigenvalue weighted by atomic mass is 16.5. The second kappa shape index (κ2) is 13.5. The number of aromatic hydroxyl groups is 1. The van der Waals surface area contributed by atoms with Gasteiger partial charge >= 0.3 is 13.1 Å². The number of rotatable bonds is 12. The summed E-state index contributed by atoms with van der Waals surface area (Å²) in [6, 6.07) is 11.4. The lowest BCUT2D eigenvalue weighted by Gasteiger charge is -2.43. The highest BCUT2D eigenvalue weighted by molar-refractivity contribution is 6.43. The predicted molar refractivity (Wildman–Crippen MR) is 166 cm³/mol. The SMILES string of the molecule is CCCC1=C2[C@@H](CC/C(C)=C/c3ccc(O)c4ccccc34)OB(O)C[C@@H]2[C@@H]2C(=O)N(CCCCCC(=O)O)C(=O)[C@@H]2C1. The van der Waals surface area contributed by atoms with Crippen LogP contribution in [0.2, 0.25) is 6.32 Å². The minimum Gasteiger partial charge on any atom is -0.507 e. The third-order valence-electron chi connectivity index (χ3n) is 9.36. The number of carboxylic acids is 1. The Balaban J connectivity index is 1.34. The first-order valence-electron chi connectivity index (χ1n) is 15.7. The molecule has 1 aliphatic carbocycles. The highest BCUT2D eigenvalue weighted by Crippen LogP contribution is 2.51. The maximum absolute atomic E-state index is 13.7. The van der Waals surface area contributed by atoms with Crippen LogP contribution < -0.4 is 0 Å². The minimum atomic E-state index is -1.00. The van der Waals surface area contributed by atoms with Crippen LogP contribution in [0.15, 0.2) is 53.1 Å². The molecule has 43 heavy (non-hydrogen) atoms. The van der Waals surface area contributed by atoms with Crippen LogP contribution in [0.1, 0.15) is 77.2 Å². The van der Waals surface area contributed by atoms with Crippen LogP contribution in [0.5, 0.6) is 5.75 Å². The van der Waals surface area contributed by atoms with Crippen molar-refractivity contribution in [2.75, 3.05) is 6.54 Å². The van der Waals surface area contributed by atoms with Crippen molar-refractivity contribution >= 4 is 41.8 Å². The number of benzene rings is 2. The Morgan fingerprint density at radius 3 is 2.56 bits per heavy atom. The van der Waals surface area contributed by atoms with E-state index in [2.05, 4.69) is 19.9 Å². The summed E-state index contributed by atoms with van der Waals surface area (Å²) in [7, 11) is -1.00. The van der Waals surface area contributed by atoms with E-state index >= 15 is 0 Å². The first-order valence-corrected chi connectivity index (χ1v) is 15.7.